The number of esters is 1. The lowest BCUT2D eigenvalue weighted by Gasteiger charge is -2.17. The van der Waals surface area contributed by atoms with Crippen molar-refractivity contribution in [1.29, 1.82) is 0 Å². The van der Waals surface area contributed by atoms with Crippen molar-refractivity contribution in [1.82, 2.24) is 0 Å². The van der Waals surface area contributed by atoms with E-state index in [2.05, 4.69) is 28.7 Å². The van der Waals surface area contributed by atoms with Gasteiger partial charge >= 0.3 is 5.97 Å². The monoisotopic (exact) mass is 428 g/mol. The Bertz CT molecular complexity index is 472. The Labute approximate surface area is 154 Å². The van der Waals surface area contributed by atoms with E-state index in [1.54, 1.807) is 0 Å². The molecule has 0 radical (unpaired) electrons. The van der Waals surface area contributed by atoms with Crippen LogP contribution in [-0.2, 0) is 11.2 Å². The van der Waals surface area contributed by atoms with Crippen LogP contribution in [0.1, 0.15) is 80.1 Å². The molecule has 128 valence electrons. The number of rotatable bonds is 1. The number of hydrogen-bond donors (Lipinski definition) is 0. The summed E-state index contributed by atoms with van der Waals surface area (Å²) in [5.74, 6) is -0.130. The summed E-state index contributed by atoms with van der Waals surface area (Å²) in [5, 5.41) is 0. The van der Waals surface area contributed by atoms with Gasteiger partial charge in [0.25, 0.3) is 0 Å². The zero-order chi connectivity index (χ0) is 16.3. The molecule has 1 aromatic rings. The van der Waals surface area contributed by atoms with Gasteiger partial charge in [0.2, 0.25) is 0 Å². The largest absolute Gasteiger partial charge is 0.458 e. The van der Waals surface area contributed by atoms with E-state index in [9.17, 15) is 4.79 Å². The Kier molecular flexibility index (Phi) is 9.02. The van der Waals surface area contributed by atoms with Gasteiger partial charge in [-0.2, -0.15) is 0 Å². The summed E-state index contributed by atoms with van der Waals surface area (Å²) in [7, 11) is 0. The van der Waals surface area contributed by atoms with Crippen molar-refractivity contribution < 1.29 is 9.53 Å². The molecule has 1 aliphatic heterocycles. The van der Waals surface area contributed by atoms with E-state index < -0.39 is 0 Å². The zero-order valence-electron chi connectivity index (χ0n) is 14.1. The van der Waals surface area contributed by atoms with Gasteiger partial charge < -0.3 is 4.74 Å². The van der Waals surface area contributed by atoms with E-state index in [0.29, 0.717) is 0 Å². The lowest BCUT2D eigenvalue weighted by atomic mass is 9.99. The number of alkyl halides is 1. The number of hydrogen-bond acceptors (Lipinski definition) is 2. The minimum Gasteiger partial charge on any atom is -0.458 e. The number of ether oxygens (including phenoxy) is 1. The van der Waals surface area contributed by atoms with Crippen LogP contribution in [0.4, 0.5) is 0 Å². The molecular weight excluding hydrogens is 399 g/mol. The summed E-state index contributed by atoms with van der Waals surface area (Å²) in [6.45, 7) is 0. The molecule has 1 heterocycles. The predicted octanol–water partition coefficient (Wildman–Crippen LogP) is 6.10. The van der Waals surface area contributed by atoms with Crippen LogP contribution in [0, 0.1) is 0 Å². The number of fused-ring (bicyclic) bond motifs is 1. The molecule has 1 aromatic carbocycles. The third-order valence-electron chi connectivity index (χ3n) is 4.66. The highest BCUT2D eigenvalue weighted by Gasteiger charge is 2.17. The van der Waals surface area contributed by atoms with Crippen LogP contribution in [0.15, 0.2) is 24.3 Å². The topological polar surface area (TPSA) is 26.3 Å². The number of halogens is 1. The van der Waals surface area contributed by atoms with Crippen molar-refractivity contribution in [2.75, 3.05) is 4.43 Å². The molecule has 0 saturated carbocycles. The van der Waals surface area contributed by atoms with Crippen molar-refractivity contribution >= 4 is 28.6 Å². The second-order valence-corrected chi connectivity index (χ2v) is 7.44. The van der Waals surface area contributed by atoms with Gasteiger partial charge in [0, 0.05) is 4.43 Å². The van der Waals surface area contributed by atoms with E-state index in [0.717, 1.165) is 28.4 Å². The van der Waals surface area contributed by atoms with E-state index in [4.69, 9.17) is 4.74 Å². The Morgan fingerprint density at radius 2 is 1.52 bits per heavy atom. The van der Waals surface area contributed by atoms with E-state index in [1.165, 1.54) is 57.8 Å². The summed E-state index contributed by atoms with van der Waals surface area (Å²) in [6, 6.07) is 7.97. The Hall–Kier alpha value is -0.580. The van der Waals surface area contributed by atoms with Crippen LogP contribution in [-0.4, -0.2) is 16.5 Å². The maximum absolute atomic E-state index is 12.5. The zero-order valence-corrected chi connectivity index (χ0v) is 16.2. The SMILES string of the molecule is O=C1OC(CI)CCCCCCCCCCCc2ccccc21. The third kappa shape index (κ3) is 6.82. The van der Waals surface area contributed by atoms with Gasteiger partial charge in [-0.25, -0.2) is 4.79 Å². The fourth-order valence-electron chi connectivity index (χ4n) is 3.24. The number of aryl methyl sites for hydroxylation is 1. The first-order valence-corrected chi connectivity index (χ1v) is 10.7. The minimum atomic E-state index is -0.130. The Morgan fingerprint density at radius 1 is 0.913 bits per heavy atom. The molecule has 0 bridgehead atoms. The molecule has 0 fully saturated rings. The van der Waals surface area contributed by atoms with Crippen molar-refractivity contribution in [2.24, 2.45) is 0 Å². The molecule has 0 aromatic heterocycles. The second-order valence-electron chi connectivity index (χ2n) is 6.56. The molecule has 2 rings (SSSR count). The van der Waals surface area contributed by atoms with Crippen molar-refractivity contribution in [2.45, 2.75) is 76.7 Å². The lowest BCUT2D eigenvalue weighted by molar-refractivity contribution is 0.0334. The normalized spacial score (nSPS) is 22.1. The van der Waals surface area contributed by atoms with Crippen LogP contribution in [0.2, 0.25) is 0 Å². The first-order chi connectivity index (χ1) is 11.3. The van der Waals surface area contributed by atoms with E-state index >= 15 is 0 Å². The van der Waals surface area contributed by atoms with Crippen molar-refractivity contribution in [3.63, 3.8) is 0 Å². The van der Waals surface area contributed by atoms with Crippen LogP contribution in [0.25, 0.3) is 0 Å². The fourth-order valence-corrected chi connectivity index (χ4v) is 3.86. The van der Waals surface area contributed by atoms with Gasteiger partial charge in [-0.15, -0.1) is 0 Å². The summed E-state index contributed by atoms with van der Waals surface area (Å²) >= 11 is 2.33. The van der Waals surface area contributed by atoms with E-state index in [-0.39, 0.29) is 12.1 Å². The minimum absolute atomic E-state index is 0.0593. The average molecular weight is 428 g/mol. The molecular formula is C20H29IO2. The van der Waals surface area contributed by atoms with Gasteiger partial charge in [0.15, 0.2) is 0 Å². The van der Waals surface area contributed by atoms with Gasteiger partial charge in [-0.3, -0.25) is 0 Å². The standard InChI is InChI=1S/C20H29IO2/c21-16-18-14-9-7-5-3-1-2-4-6-8-12-17-13-10-11-15-19(17)20(22)23-18/h10-11,13,15,18H,1-9,12,14,16H2. The van der Waals surface area contributed by atoms with Crippen LogP contribution < -0.4 is 0 Å². The summed E-state index contributed by atoms with van der Waals surface area (Å²) in [6.07, 6.45) is 13.7. The van der Waals surface area contributed by atoms with E-state index in [1.807, 2.05) is 18.2 Å². The quantitative estimate of drug-likeness (QED) is 0.307. The molecule has 0 N–H and O–H groups in total. The smallest absolute Gasteiger partial charge is 0.338 e. The van der Waals surface area contributed by atoms with Gasteiger partial charge in [0.1, 0.15) is 6.10 Å². The van der Waals surface area contributed by atoms with Crippen LogP contribution >= 0.6 is 22.6 Å². The number of benzene rings is 1. The fraction of sp³-hybridized carbons (Fsp3) is 0.650. The van der Waals surface area contributed by atoms with Gasteiger partial charge in [-0.1, -0.05) is 85.7 Å². The summed E-state index contributed by atoms with van der Waals surface area (Å²) < 4.78 is 6.66. The highest BCUT2D eigenvalue weighted by Crippen LogP contribution is 2.19. The first kappa shape index (κ1) is 18.8. The second kappa shape index (κ2) is 11.1. The number of cyclic esters (lactones) is 1. The molecule has 1 unspecified atom stereocenters. The first-order valence-electron chi connectivity index (χ1n) is 9.16. The van der Waals surface area contributed by atoms with Crippen LogP contribution in [0.3, 0.4) is 0 Å². The molecule has 0 spiro atoms. The molecule has 1 atom stereocenters. The highest BCUT2D eigenvalue weighted by atomic mass is 127. The van der Waals surface area contributed by atoms with Crippen molar-refractivity contribution in [3.8, 4) is 0 Å². The Morgan fingerprint density at radius 3 is 2.22 bits per heavy atom. The molecule has 0 aliphatic carbocycles. The van der Waals surface area contributed by atoms with Gasteiger partial charge in [0.05, 0.1) is 5.56 Å². The molecule has 0 amide bonds. The molecule has 1 aliphatic rings. The molecule has 3 heteroatoms. The Balaban J connectivity index is 2.04. The molecule has 2 nitrogen and oxygen atoms in total. The molecule has 0 saturated heterocycles. The maximum atomic E-state index is 12.5. The van der Waals surface area contributed by atoms with Gasteiger partial charge in [-0.05, 0) is 37.3 Å². The molecule has 23 heavy (non-hydrogen) atoms. The predicted molar refractivity (Wildman–Crippen MR) is 104 cm³/mol. The lowest BCUT2D eigenvalue weighted by Crippen LogP contribution is -2.20. The van der Waals surface area contributed by atoms with Crippen LogP contribution in [0.5, 0.6) is 0 Å². The third-order valence-corrected chi connectivity index (χ3v) is 5.64. The highest BCUT2D eigenvalue weighted by molar-refractivity contribution is 14.1. The van der Waals surface area contributed by atoms with Crippen molar-refractivity contribution in [3.05, 3.63) is 35.4 Å². The summed E-state index contributed by atoms with van der Waals surface area (Å²) in [4.78, 5) is 12.5. The average Bonchev–Trinajstić information content (AvgIpc) is 2.57. The summed E-state index contributed by atoms with van der Waals surface area (Å²) in [5.41, 5.74) is 1.92. The number of carbonyl (C=O) groups excluding carboxylic acids is 1. The maximum Gasteiger partial charge on any atom is 0.338 e. The number of carbonyl (C=O) groups is 1.